The van der Waals surface area contributed by atoms with Gasteiger partial charge >= 0.3 is 0 Å². The topological polar surface area (TPSA) is 23.6 Å². The van der Waals surface area contributed by atoms with Gasteiger partial charge in [-0.2, -0.15) is 0 Å². The van der Waals surface area contributed by atoms with Crippen molar-refractivity contribution >= 4 is 17.5 Å². The number of likely N-dealkylation sites (N-methyl/N-ethyl adjacent to an activating group) is 1. The van der Waals surface area contributed by atoms with Crippen molar-refractivity contribution in [2.45, 2.75) is 45.2 Å². The minimum Gasteiger partial charge on any atom is -0.347 e. The van der Waals surface area contributed by atoms with Crippen molar-refractivity contribution in [3.63, 3.8) is 0 Å². The maximum absolute atomic E-state index is 12.6. The van der Waals surface area contributed by atoms with Crippen LogP contribution in [0.4, 0.5) is 0 Å². The summed E-state index contributed by atoms with van der Waals surface area (Å²) in [5.41, 5.74) is 2.65. The Morgan fingerprint density at radius 1 is 1.36 bits per heavy atom. The van der Waals surface area contributed by atoms with Crippen LogP contribution in [0.5, 0.6) is 0 Å². The molecule has 0 bridgehead atoms. The Labute approximate surface area is 138 Å². The highest BCUT2D eigenvalue weighted by atomic mass is 35.5. The second-order valence-corrected chi connectivity index (χ2v) is 8.08. The summed E-state index contributed by atoms with van der Waals surface area (Å²) in [6.07, 6.45) is 0.990. The Bertz CT molecular complexity index is 611. The van der Waals surface area contributed by atoms with Crippen LogP contribution in [0.3, 0.4) is 0 Å². The van der Waals surface area contributed by atoms with E-state index in [-0.39, 0.29) is 17.4 Å². The van der Waals surface area contributed by atoms with Crippen LogP contribution in [-0.4, -0.2) is 48.4 Å². The Morgan fingerprint density at radius 2 is 2.05 bits per heavy atom. The first-order chi connectivity index (χ1) is 10.2. The molecule has 3 nitrogen and oxygen atoms in total. The number of likely N-dealkylation sites (tertiary alicyclic amines) is 1. The zero-order valence-corrected chi connectivity index (χ0v) is 14.8. The number of amides is 1. The molecule has 120 valence electrons. The fourth-order valence-corrected chi connectivity index (χ4v) is 4.65. The van der Waals surface area contributed by atoms with E-state index in [2.05, 4.69) is 31.7 Å². The Hall–Kier alpha value is -1.06. The molecule has 0 aromatic heterocycles. The largest absolute Gasteiger partial charge is 0.347 e. The highest BCUT2D eigenvalue weighted by Gasteiger charge is 2.54. The van der Waals surface area contributed by atoms with Gasteiger partial charge in [-0.15, -0.1) is 0 Å². The highest BCUT2D eigenvalue weighted by molar-refractivity contribution is 6.31. The molecular formula is C18H25ClN2O. The van der Waals surface area contributed by atoms with Crippen molar-refractivity contribution in [2.24, 2.45) is 5.41 Å². The van der Waals surface area contributed by atoms with E-state index in [4.69, 9.17) is 11.6 Å². The van der Waals surface area contributed by atoms with Crippen LogP contribution in [0.25, 0.3) is 0 Å². The summed E-state index contributed by atoms with van der Waals surface area (Å²) < 4.78 is 0. The third-order valence-corrected chi connectivity index (χ3v) is 5.70. The number of fused-ring (bicyclic) bond motifs is 1. The van der Waals surface area contributed by atoms with Gasteiger partial charge in [0.15, 0.2) is 0 Å². The monoisotopic (exact) mass is 320 g/mol. The van der Waals surface area contributed by atoms with Crippen LogP contribution in [0, 0.1) is 5.41 Å². The van der Waals surface area contributed by atoms with Gasteiger partial charge in [-0.05, 0) is 29.5 Å². The number of carbonyl (C=O) groups excluding carboxylic acids is 1. The molecule has 1 aromatic rings. The molecule has 0 radical (unpaired) electrons. The Kier molecular flexibility index (Phi) is 3.77. The number of nitrogens with zero attached hydrogens (tertiary/aromatic N) is 2. The van der Waals surface area contributed by atoms with Gasteiger partial charge in [-0.25, -0.2) is 0 Å². The molecule has 0 saturated carbocycles. The van der Waals surface area contributed by atoms with Crippen LogP contribution in [0.2, 0.25) is 5.02 Å². The molecule has 1 heterocycles. The number of hydrogen-bond acceptors (Lipinski definition) is 2. The maximum atomic E-state index is 12.6. The van der Waals surface area contributed by atoms with E-state index < -0.39 is 0 Å². The molecule has 0 spiro atoms. The van der Waals surface area contributed by atoms with E-state index in [1.165, 1.54) is 11.1 Å². The summed E-state index contributed by atoms with van der Waals surface area (Å²) in [5, 5.41) is 0.864. The zero-order chi connectivity index (χ0) is 16.2. The molecule has 0 N–H and O–H groups in total. The quantitative estimate of drug-likeness (QED) is 0.835. The van der Waals surface area contributed by atoms with Crippen LogP contribution in [0.15, 0.2) is 18.2 Å². The number of carbonyl (C=O) groups is 1. The van der Waals surface area contributed by atoms with Crippen molar-refractivity contribution in [1.29, 1.82) is 0 Å². The van der Waals surface area contributed by atoms with Gasteiger partial charge in [0.1, 0.15) is 0 Å². The highest BCUT2D eigenvalue weighted by Crippen LogP contribution is 2.47. The van der Waals surface area contributed by atoms with Crippen LogP contribution < -0.4 is 0 Å². The lowest BCUT2D eigenvalue weighted by atomic mass is 9.72. The van der Waals surface area contributed by atoms with Gasteiger partial charge in [0, 0.05) is 37.1 Å². The predicted octanol–water partition coefficient (Wildman–Crippen LogP) is 3.17. The van der Waals surface area contributed by atoms with Gasteiger partial charge in [-0.3, -0.25) is 9.69 Å². The molecule has 1 saturated heterocycles. The summed E-state index contributed by atoms with van der Waals surface area (Å²) in [4.78, 5) is 16.7. The maximum Gasteiger partial charge on any atom is 0.240 e. The van der Waals surface area contributed by atoms with Crippen molar-refractivity contribution in [1.82, 2.24) is 9.80 Å². The number of benzene rings is 1. The van der Waals surface area contributed by atoms with Gasteiger partial charge in [-0.1, -0.05) is 44.5 Å². The average molecular weight is 321 g/mol. The molecule has 3 atom stereocenters. The fraction of sp³-hybridized carbons (Fsp3) is 0.611. The zero-order valence-electron chi connectivity index (χ0n) is 14.1. The minimum absolute atomic E-state index is 0.0250. The van der Waals surface area contributed by atoms with E-state index in [1.807, 2.05) is 26.2 Å². The van der Waals surface area contributed by atoms with Crippen LogP contribution in [0.1, 0.15) is 37.8 Å². The summed E-state index contributed by atoms with van der Waals surface area (Å²) in [7, 11) is 3.69. The second-order valence-electron chi connectivity index (χ2n) is 7.67. The average Bonchev–Trinajstić information content (AvgIpc) is 2.74. The van der Waals surface area contributed by atoms with Gasteiger partial charge in [0.2, 0.25) is 5.91 Å². The minimum atomic E-state index is -0.0250. The third-order valence-electron chi connectivity index (χ3n) is 5.37. The standard InChI is InChI=1S/C18H25ClN2O/c1-11-14(9-12-7-6-8-13(19)15(11)12)21-10-18(2,3)16(21)17(22)20(4)5/h6-8,11,14,16H,9-10H2,1-5H3/t11-,14+,16+/m0/s1. The molecular weight excluding hydrogens is 296 g/mol. The predicted molar refractivity (Wildman–Crippen MR) is 90.3 cm³/mol. The fourth-order valence-electron chi connectivity index (χ4n) is 4.28. The lowest BCUT2D eigenvalue weighted by molar-refractivity contribution is -0.157. The van der Waals surface area contributed by atoms with E-state index in [9.17, 15) is 4.79 Å². The van der Waals surface area contributed by atoms with Gasteiger partial charge < -0.3 is 4.90 Å². The molecule has 22 heavy (non-hydrogen) atoms. The normalized spacial score (nSPS) is 29.8. The van der Waals surface area contributed by atoms with Gasteiger partial charge in [0.05, 0.1) is 6.04 Å². The molecule has 1 fully saturated rings. The molecule has 1 amide bonds. The summed E-state index contributed by atoms with van der Waals surface area (Å²) in [6, 6.07) is 6.52. The summed E-state index contributed by atoms with van der Waals surface area (Å²) in [5.74, 6) is 0.586. The summed E-state index contributed by atoms with van der Waals surface area (Å²) >= 11 is 6.41. The molecule has 1 aromatic carbocycles. The Morgan fingerprint density at radius 3 is 2.59 bits per heavy atom. The second kappa shape index (κ2) is 5.24. The molecule has 1 aliphatic carbocycles. The number of halogens is 1. The smallest absolute Gasteiger partial charge is 0.240 e. The van der Waals surface area contributed by atoms with E-state index in [0.717, 1.165) is 18.0 Å². The molecule has 0 unspecified atom stereocenters. The van der Waals surface area contributed by atoms with Gasteiger partial charge in [0.25, 0.3) is 0 Å². The molecule has 4 heteroatoms. The van der Waals surface area contributed by atoms with Crippen molar-refractivity contribution < 1.29 is 4.79 Å². The SMILES string of the molecule is C[C@@H]1c2c(Cl)cccc2C[C@H]1N1CC(C)(C)[C@H]1C(=O)N(C)C. The first-order valence-corrected chi connectivity index (χ1v) is 8.36. The first-order valence-electron chi connectivity index (χ1n) is 7.98. The van der Waals surface area contributed by atoms with Crippen LogP contribution >= 0.6 is 11.6 Å². The van der Waals surface area contributed by atoms with E-state index in [0.29, 0.717) is 12.0 Å². The first kappa shape index (κ1) is 15.8. The third kappa shape index (κ3) is 2.26. The van der Waals surface area contributed by atoms with Crippen LogP contribution in [-0.2, 0) is 11.2 Å². The summed E-state index contributed by atoms with van der Waals surface area (Å²) in [6.45, 7) is 7.59. The van der Waals surface area contributed by atoms with E-state index >= 15 is 0 Å². The number of hydrogen-bond donors (Lipinski definition) is 0. The number of rotatable bonds is 2. The lowest BCUT2D eigenvalue weighted by Gasteiger charge is -2.57. The molecule has 3 rings (SSSR count). The Balaban J connectivity index is 1.87. The van der Waals surface area contributed by atoms with Crippen molar-refractivity contribution in [2.75, 3.05) is 20.6 Å². The van der Waals surface area contributed by atoms with E-state index in [1.54, 1.807) is 4.90 Å². The van der Waals surface area contributed by atoms with Crippen molar-refractivity contribution in [3.8, 4) is 0 Å². The molecule has 2 aliphatic rings. The molecule has 1 aliphatic heterocycles. The lowest BCUT2D eigenvalue weighted by Crippen LogP contribution is -2.70. The van der Waals surface area contributed by atoms with Crippen molar-refractivity contribution in [3.05, 3.63) is 34.3 Å².